The van der Waals surface area contributed by atoms with Crippen LogP contribution in [0.5, 0.6) is 0 Å². The molecule has 15 heteroatoms. The first kappa shape index (κ1) is 33.3. The summed E-state index contributed by atoms with van der Waals surface area (Å²) in [6, 6.07) is 0.520. The summed E-state index contributed by atoms with van der Waals surface area (Å²) in [7, 11) is 3.51. The van der Waals surface area contributed by atoms with Crippen molar-refractivity contribution < 1.29 is 23.8 Å². The Morgan fingerprint density at radius 3 is 2.23 bits per heavy atom. The average Bonchev–Trinajstić information content (AvgIpc) is 3.01. The number of rotatable bonds is 9. The van der Waals surface area contributed by atoms with E-state index in [2.05, 4.69) is 67.7 Å². The summed E-state index contributed by atoms with van der Waals surface area (Å²) in [5, 5.41) is 9.41. The van der Waals surface area contributed by atoms with Gasteiger partial charge in [0.05, 0.1) is 37.8 Å². The summed E-state index contributed by atoms with van der Waals surface area (Å²) < 4.78 is 17.0. The standard InChI is InChI=1S/C15H23BrN4O3.C13H17BrN4O2/c1-3-23-13(21)9-18-14-15(20-12(16)8-17-14)19-10-4-6-11(22-2)7-5-10;1-20-9-4-2-8(3-5-9)18-11(19)7-16-12-13(18)17-10(14)6-15-12/h8,10-11H,3-7,9H2,1-2H3,(H,17,18)(H,19,20);6,8-9H,2-5,7H2,1H3,(H,15,16). The van der Waals surface area contributed by atoms with E-state index in [1.165, 1.54) is 0 Å². The zero-order valence-corrected chi connectivity index (χ0v) is 27.9. The molecule has 0 atom stereocenters. The molecule has 2 saturated carbocycles. The van der Waals surface area contributed by atoms with Gasteiger partial charge in [-0.15, -0.1) is 0 Å². The highest BCUT2D eigenvalue weighted by molar-refractivity contribution is 9.10. The second kappa shape index (κ2) is 16.5. The quantitative estimate of drug-likeness (QED) is 0.311. The van der Waals surface area contributed by atoms with Gasteiger partial charge in [-0.05, 0) is 90.2 Å². The zero-order chi connectivity index (χ0) is 30.8. The highest BCUT2D eigenvalue weighted by Crippen LogP contribution is 2.34. The number of amides is 1. The molecule has 2 fully saturated rings. The molecule has 2 aromatic heterocycles. The molecule has 1 aliphatic heterocycles. The Morgan fingerprint density at radius 2 is 1.58 bits per heavy atom. The van der Waals surface area contributed by atoms with Crippen LogP contribution in [0.2, 0.25) is 0 Å². The molecule has 0 bridgehead atoms. The largest absolute Gasteiger partial charge is 0.465 e. The molecule has 0 spiro atoms. The Hall–Kier alpha value is -2.62. The van der Waals surface area contributed by atoms with Crippen LogP contribution < -0.4 is 20.9 Å². The van der Waals surface area contributed by atoms with Gasteiger partial charge in [0, 0.05) is 26.3 Å². The molecular formula is C28H40Br2N8O5. The molecule has 0 aromatic carbocycles. The molecule has 5 rings (SSSR count). The number of carbonyl (C=O) groups is 2. The predicted molar refractivity (Wildman–Crippen MR) is 170 cm³/mol. The lowest BCUT2D eigenvalue weighted by Gasteiger charge is -2.38. The van der Waals surface area contributed by atoms with Gasteiger partial charge in [0.25, 0.3) is 0 Å². The van der Waals surface area contributed by atoms with Crippen molar-refractivity contribution >= 4 is 67.0 Å². The van der Waals surface area contributed by atoms with Crippen LogP contribution in [0.25, 0.3) is 0 Å². The first-order valence-electron chi connectivity index (χ1n) is 14.6. The number of hydrogen-bond acceptors (Lipinski definition) is 12. The van der Waals surface area contributed by atoms with E-state index >= 15 is 0 Å². The van der Waals surface area contributed by atoms with E-state index in [9.17, 15) is 9.59 Å². The van der Waals surface area contributed by atoms with Gasteiger partial charge in [-0.1, -0.05) is 0 Å². The van der Waals surface area contributed by atoms with Crippen molar-refractivity contribution in [2.24, 2.45) is 0 Å². The topological polar surface area (TPSA) is 153 Å². The van der Waals surface area contributed by atoms with Gasteiger partial charge < -0.3 is 30.2 Å². The number of methoxy groups -OCH3 is 2. The lowest BCUT2D eigenvalue weighted by molar-refractivity contribution is -0.140. The number of fused-ring (bicyclic) bond motifs is 1. The minimum atomic E-state index is -0.316. The number of aromatic nitrogens is 4. The van der Waals surface area contributed by atoms with Crippen LogP contribution in [0.3, 0.4) is 0 Å². The maximum Gasteiger partial charge on any atom is 0.325 e. The lowest BCUT2D eigenvalue weighted by atomic mass is 9.91. The molecule has 0 unspecified atom stereocenters. The van der Waals surface area contributed by atoms with Gasteiger partial charge in [0.15, 0.2) is 23.3 Å². The first-order chi connectivity index (χ1) is 20.8. The van der Waals surface area contributed by atoms with Gasteiger partial charge in [-0.3, -0.25) is 14.5 Å². The van der Waals surface area contributed by atoms with Gasteiger partial charge >= 0.3 is 5.97 Å². The predicted octanol–water partition coefficient (Wildman–Crippen LogP) is 4.54. The van der Waals surface area contributed by atoms with Gasteiger partial charge in [0.2, 0.25) is 5.91 Å². The fourth-order valence-electron chi connectivity index (χ4n) is 5.53. The third-order valence-electron chi connectivity index (χ3n) is 7.77. The van der Waals surface area contributed by atoms with E-state index in [4.69, 9.17) is 14.2 Å². The summed E-state index contributed by atoms with van der Waals surface area (Å²) >= 11 is 6.66. The fourth-order valence-corrected chi connectivity index (χ4v) is 6.08. The number of ether oxygens (including phenoxy) is 3. The average molecular weight is 728 g/mol. The molecule has 2 aliphatic carbocycles. The number of nitrogens with zero attached hydrogens (tertiary/aromatic N) is 5. The number of anilines is 4. The Balaban J connectivity index is 0.000000198. The third kappa shape index (κ3) is 9.43. The fraction of sp³-hybridized carbons (Fsp3) is 0.643. The Kier molecular flexibility index (Phi) is 12.7. The molecule has 3 heterocycles. The van der Waals surface area contributed by atoms with Gasteiger partial charge in [-0.2, -0.15) is 0 Å². The molecule has 2 aromatic rings. The molecule has 0 radical (unpaired) electrons. The van der Waals surface area contributed by atoms with Crippen molar-refractivity contribution in [2.45, 2.75) is 82.6 Å². The van der Waals surface area contributed by atoms with E-state index in [-0.39, 0.29) is 31.0 Å². The van der Waals surface area contributed by atoms with Crippen LogP contribution in [0.1, 0.15) is 58.3 Å². The smallest absolute Gasteiger partial charge is 0.325 e. The van der Waals surface area contributed by atoms with E-state index in [0.717, 1.165) is 51.4 Å². The van der Waals surface area contributed by atoms with Crippen molar-refractivity contribution in [1.82, 2.24) is 19.9 Å². The number of esters is 1. The van der Waals surface area contributed by atoms with Gasteiger partial charge in [-0.25, -0.2) is 19.9 Å². The van der Waals surface area contributed by atoms with Crippen LogP contribution in [-0.2, 0) is 23.8 Å². The highest BCUT2D eigenvalue weighted by atomic mass is 79.9. The second-order valence-electron chi connectivity index (χ2n) is 10.6. The number of carbonyl (C=O) groups excluding carboxylic acids is 2. The molecule has 3 aliphatic rings. The van der Waals surface area contributed by atoms with Crippen molar-refractivity contribution in [3.63, 3.8) is 0 Å². The Bertz CT molecular complexity index is 1230. The van der Waals surface area contributed by atoms with Crippen molar-refractivity contribution in [1.29, 1.82) is 0 Å². The first-order valence-corrected chi connectivity index (χ1v) is 16.2. The van der Waals surface area contributed by atoms with E-state index < -0.39 is 0 Å². The van der Waals surface area contributed by atoms with Crippen molar-refractivity contribution in [2.75, 3.05) is 54.8 Å². The molecule has 43 heavy (non-hydrogen) atoms. The zero-order valence-electron chi connectivity index (χ0n) is 24.8. The Labute approximate surface area is 268 Å². The maximum absolute atomic E-state index is 12.3. The summed E-state index contributed by atoms with van der Waals surface area (Å²) in [4.78, 5) is 43.0. The summed E-state index contributed by atoms with van der Waals surface area (Å²) in [5.74, 6) is 2.26. The van der Waals surface area contributed by atoms with Crippen molar-refractivity contribution in [3.8, 4) is 0 Å². The van der Waals surface area contributed by atoms with E-state index in [0.29, 0.717) is 57.3 Å². The van der Waals surface area contributed by atoms with Crippen LogP contribution >= 0.6 is 31.9 Å². The van der Waals surface area contributed by atoms with Crippen LogP contribution in [0, 0.1) is 0 Å². The Morgan fingerprint density at radius 1 is 0.953 bits per heavy atom. The number of halogens is 2. The molecule has 236 valence electrons. The highest BCUT2D eigenvalue weighted by Gasteiger charge is 2.35. The van der Waals surface area contributed by atoms with Crippen molar-refractivity contribution in [3.05, 3.63) is 21.6 Å². The second-order valence-corrected chi connectivity index (χ2v) is 12.2. The van der Waals surface area contributed by atoms with E-state index in [1.54, 1.807) is 33.5 Å². The normalized spacial score (nSPS) is 23.3. The third-order valence-corrected chi connectivity index (χ3v) is 8.53. The van der Waals surface area contributed by atoms with Crippen LogP contribution in [0.4, 0.5) is 23.3 Å². The van der Waals surface area contributed by atoms with Gasteiger partial charge in [0.1, 0.15) is 15.8 Å². The van der Waals surface area contributed by atoms with E-state index in [1.807, 2.05) is 4.90 Å². The molecule has 13 nitrogen and oxygen atoms in total. The lowest BCUT2D eigenvalue weighted by Crippen LogP contribution is -2.49. The molecule has 3 N–H and O–H groups in total. The molecule has 0 saturated heterocycles. The van der Waals surface area contributed by atoms with Crippen LogP contribution in [-0.4, -0.2) is 90.0 Å². The minimum absolute atomic E-state index is 0.0609. The number of hydrogen-bond donors (Lipinski definition) is 3. The minimum Gasteiger partial charge on any atom is -0.465 e. The SMILES string of the molecule is CCOC(=O)CNc1ncc(Br)nc1NC1CCC(OC)CC1.COC1CCC(N2C(=O)CNc3ncc(Br)nc32)CC1. The molecule has 1 amide bonds. The maximum atomic E-state index is 12.3. The summed E-state index contributed by atoms with van der Waals surface area (Å²) in [5.41, 5.74) is 0. The summed E-state index contributed by atoms with van der Waals surface area (Å²) in [6.45, 7) is 2.49. The monoisotopic (exact) mass is 726 g/mol. The van der Waals surface area contributed by atoms with Crippen LogP contribution in [0.15, 0.2) is 21.6 Å². The molecular weight excluding hydrogens is 688 g/mol. The summed E-state index contributed by atoms with van der Waals surface area (Å²) in [6.07, 6.45) is 11.8. The number of nitrogens with one attached hydrogen (secondary N) is 3.